The number of hydrogen-bond acceptors (Lipinski definition) is 1. The van der Waals surface area contributed by atoms with Gasteiger partial charge >= 0.3 is 0 Å². The molecule has 0 bridgehead atoms. The largest absolute Gasteiger partial charge is 0.317 e. The summed E-state index contributed by atoms with van der Waals surface area (Å²) in [5.41, 5.74) is 1.09. The summed E-state index contributed by atoms with van der Waals surface area (Å²) in [5.74, 6) is 0. The van der Waals surface area contributed by atoms with Gasteiger partial charge in [-0.15, -0.1) is 0 Å². The summed E-state index contributed by atoms with van der Waals surface area (Å²) in [6.45, 7) is 4.16. The van der Waals surface area contributed by atoms with Crippen LogP contribution in [0.3, 0.4) is 0 Å². The van der Waals surface area contributed by atoms with Crippen molar-refractivity contribution in [3.8, 4) is 0 Å². The highest BCUT2D eigenvalue weighted by Crippen LogP contribution is 2.16. The molecule has 76 valence electrons. The smallest absolute Gasteiger partial charge is 0.0478 e. The fourth-order valence-electron chi connectivity index (χ4n) is 1.18. The Morgan fingerprint density at radius 3 is 2.86 bits per heavy atom. The molecule has 0 amide bonds. The maximum absolute atomic E-state index is 6.00. The lowest BCUT2D eigenvalue weighted by molar-refractivity contribution is 0.727. The first-order chi connectivity index (χ1) is 6.84. The molecule has 2 heteroatoms. The number of benzene rings is 1. The summed E-state index contributed by atoms with van der Waals surface area (Å²) < 4.78 is 0. The molecule has 0 radical (unpaired) electrons. The number of halogens is 1. The highest BCUT2D eigenvalue weighted by atomic mass is 35.5. The second kappa shape index (κ2) is 6.63. The molecule has 0 unspecified atom stereocenters. The first-order valence-electron chi connectivity index (χ1n) is 4.96. The van der Waals surface area contributed by atoms with E-state index in [9.17, 15) is 0 Å². The maximum Gasteiger partial charge on any atom is 0.0478 e. The van der Waals surface area contributed by atoms with Crippen molar-refractivity contribution < 1.29 is 0 Å². The van der Waals surface area contributed by atoms with Crippen molar-refractivity contribution in [3.63, 3.8) is 0 Å². The van der Waals surface area contributed by atoms with Crippen molar-refractivity contribution in [3.05, 3.63) is 40.9 Å². The van der Waals surface area contributed by atoms with E-state index in [4.69, 9.17) is 11.6 Å². The highest BCUT2D eigenvalue weighted by Gasteiger charge is 1.91. The van der Waals surface area contributed by atoms with Crippen molar-refractivity contribution in [1.82, 2.24) is 5.32 Å². The SMILES string of the molecule is CCNCCC=Cc1ccccc1Cl. The molecule has 0 aliphatic rings. The van der Waals surface area contributed by atoms with Gasteiger partial charge in [0.25, 0.3) is 0 Å². The van der Waals surface area contributed by atoms with E-state index in [1.807, 2.05) is 24.3 Å². The average Bonchev–Trinajstić information content (AvgIpc) is 2.20. The molecule has 0 aliphatic carbocycles. The minimum Gasteiger partial charge on any atom is -0.317 e. The normalized spacial score (nSPS) is 11.0. The Hall–Kier alpha value is -0.790. The predicted octanol–water partition coefficient (Wildman–Crippen LogP) is 3.35. The van der Waals surface area contributed by atoms with E-state index in [2.05, 4.69) is 24.4 Å². The van der Waals surface area contributed by atoms with Crippen molar-refractivity contribution in [2.24, 2.45) is 0 Å². The quantitative estimate of drug-likeness (QED) is 0.734. The molecule has 0 aliphatic heterocycles. The van der Waals surface area contributed by atoms with E-state index in [1.54, 1.807) is 0 Å². The lowest BCUT2D eigenvalue weighted by atomic mass is 10.2. The summed E-state index contributed by atoms with van der Waals surface area (Å²) >= 11 is 6.00. The Bertz CT molecular complexity index is 294. The van der Waals surface area contributed by atoms with Crippen LogP contribution in [0.25, 0.3) is 6.08 Å². The van der Waals surface area contributed by atoms with Crippen LogP contribution in [0, 0.1) is 0 Å². The Labute approximate surface area is 90.8 Å². The van der Waals surface area contributed by atoms with Gasteiger partial charge < -0.3 is 5.32 Å². The summed E-state index contributed by atoms with van der Waals surface area (Å²) in [7, 11) is 0. The molecular weight excluding hydrogens is 194 g/mol. The molecular formula is C12H16ClN. The van der Waals surface area contributed by atoms with Crippen LogP contribution in [0.2, 0.25) is 5.02 Å². The van der Waals surface area contributed by atoms with Crippen LogP contribution in [0.1, 0.15) is 18.9 Å². The summed E-state index contributed by atoms with van der Waals surface area (Å²) in [5, 5.41) is 4.08. The van der Waals surface area contributed by atoms with Crippen LogP contribution in [-0.4, -0.2) is 13.1 Å². The zero-order valence-corrected chi connectivity index (χ0v) is 9.22. The fourth-order valence-corrected chi connectivity index (χ4v) is 1.38. The standard InChI is InChI=1S/C12H16ClN/c1-2-14-10-6-5-8-11-7-3-4-9-12(11)13/h3-5,7-9,14H,2,6,10H2,1H3. The van der Waals surface area contributed by atoms with Gasteiger partial charge in [0.2, 0.25) is 0 Å². The van der Waals surface area contributed by atoms with Crippen molar-refractivity contribution >= 4 is 17.7 Å². The Morgan fingerprint density at radius 1 is 1.36 bits per heavy atom. The van der Waals surface area contributed by atoms with Crippen molar-refractivity contribution in [2.75, 3.05) is 13.1 Å². The Balaban J connectivity index is 2.40. The maximum atomic E-state index is 6.00. The van der Waals surface area contributed by atoms with Crippen LogP contribution in [0.5, 0.6) is 0 Å². The summed E-state index contributed by atoms with van der Waals surface area (Å²) in [6, 6.07) is 7.87. The van der Waals surface area contributed by atoms with Crippen LogP contribution < -0.4 is 5.32 Å². The molecule has 1 aromatic rings. The van der Waals surface area contributed by atoms with E-state index in [0.717, 1.165) is 30.1 Å². The third-order valence-corrected chi connectivity index (χ3v) is 2.28. The third-order valence-electron chi connectivity index (χ3n) is 1.94. The molecule has 1 nitrogen and oxygen atoms in total. The topological polar surface area (TPSA) is 12.0 Å². The minimum atomic E-state index is 0.812. The second-order valence-corrected chi connectivity index (χ2v) is 3.47. The molecule has 0 fully saturated rings. The van der Waals surface area contributed by atoms with Crippen molar-refractivity contribution in [2.45, 2.75) is 13.3 Å². The van der Waals surface area contributed by atoms with Gasteiger partial charge in [0.15, 0.2) is 0 Å². The number of rotatable bonds is 5. The van der Waals surface area contributed by atoms with Crippen LogP contribution in [0.15, 0.2) is 30.3 Å². The molecule has 1 aromatic carbocycles. The van der Waals surface area contributed by atoms with E-state index in [0.29, 0.717) is 0 Å². The minimum absolute atomic E-state index is 0.812. The van der Waals surface area contributed by atoms with Gasteiger partial charge in [-0.25, -0.2) is 0 Å². The molecule has 14 heavy (non-hydrogen) atoms. The molecule has 1 N–H and O–H groups in total. The van der Waals surface area contributed by atoms with Gasteiger partial charge in [0.1, 0.15) is 0 Å². The lowest BCUT2D eigenvalue weighted by Crippen LogP contribution is -2.12. The first kappa shape index (κ1) is 11.3. The fraction of sp³-hybridized carbons (Fsp3) is 0.333. The van der Waals surface area contributed by atoms with E-state index >= 15 is 0 Å². The molecule has 0 saturated heterocycles. The van der Waals surface area contributed by atoms with Gasteiger partial charge in [-0.3, -0.25) is 0 Å². The average molecular weight is 210 g/mol. The Kier molecular flexibility index (Phi) is 5.35. The monoisotopic (exact) mass is 209 g/mol. The van der Waals surface area contributed by atoms with E-state index < -0.39 is 0 Å². The van der Waals surface area contributed by atoms with Crippen LogP contribution in [0.4, 0.5) is 0 Å². The zero-order chi connectivity index (χ0) is 10.2. The van der Waals surface area contributed by atoms with E-state index in [1.165, 1.54) is 0 Å². The second-order valence-electron chi connectivity index (χ2n) is 3.07. The molecule has 0 spiro atoms. The van der Waals surface area contributed by atoms with Gasteiger partial charge in [0.05, 0.1) is 0 Å². The van der Waals surface area contributed by atoms with Crippen LogP contribution in [-0.2, 0) is 0 Å². The Morgan fingerprint density at radius 2 is 2.14 bits per heavy atom. The predicted molar refractivity (Wildman–Crippen MR) is 63.6 cm³/mol. The van der Waals surface area contributed by atoms with Crippen LogP contribution >= 0.6 is 11.6 Å². The summed E-state index contributed by atoms with van der Waals surface area (Å²) in [6.07, 6.45) is 5.25. The summed E-state index contributed by atoms with van der Waals surface area (Å²) in [4.78, 5) is 0. The molecule has 0 aromatic heterocycles. The molecule has 0 atom stereocenters. The van der Waals surface area contributed by atoms with Gasteiger partial charge in [-0.05, 0) is 31.1 Å². The van der Waals surface area contributed by atoms with Crippen molar-refractivity contribution in [1.29, 1.82) is 0 Å². The van der Waals surface area contributed by atoms with Gasteiger partial charge in [-0.1, -0.05) is 48.9 Å². The first-order valence-corrected chi connectivity index (χ1v) is 5.34. The third kappa shape index (κ3) is 3.95. The van der Waals surface area contributed by atoms with Gasteiger partial charge in [-0.2, -0.15) is 0 Å². The number of nitrogens with one attached hydrogen (secondary N) is 1. The lowest BCUT2D eigenvalue weighted by Gasteiger charge is -1.97. The van der Waals surface area contributed by atoms with Gasteiger partial charge in [0, 0.05) is 5.02 Å². The molecule has 0 saturated carbocycles. The number of hydrogen-bond donors (Lipinski definition) is 1. The molecule has 0 heterocycles. The highest BCUT2D eigenvalue weighted by molar-refractivity contribution is 6.32. The zero-order valence-electron chi connectivity index (χ0n) is 8.46. The van der Waals surface area contributed by atoms with E-state index in [-0.39, 0.29) is 0 Å². The molecule has 1 rings (SSSR count).